The number of alkyl carbamates (subject to hydrolysis) is 1. The fraction of sp³-hybridized carbons (Fsp3) is 0.300. The lowest BCUT2D eigenvalue weighted by Crippen LogP contribution is -2.39. The van der Waals surface area contributed by atoms with Crippen molar-refractivity contribution in [2.24, 2.45) is 0 Å². The molecule has 0 radical (unpaired) electrons. The van der Waals surface area contributed by atoms with Crippen LogP contribution < -0.4 is 5.32 Å². The van der Waals surface area contributed by atoms with Gasteiger partial charge in [0, 0.05) is 17.3 Å². The van der Waals surface area contributed by atoms with Crippen LogP contribution in [0.15, 0.2) is 36.5 Å². The molecule has 1 amide bonds. The molecule has 1 aromatic heterocycles. The number of carbonyl (C=O) groups excluding carboxylic acids is 1. The first kappa shape index (κ1) is 21.6. The molecule has 0 atom stereocenters. The van der Waals surface area contributed by atoms with Crippen LogP contribution in [0, 0.1) is 17.7 Å². The number of alkyl halides is 2. The molecular weight excluding hydrogens is 393 g/mol. The molecule has 148 valence electrons. The molecule has 0 fully saturated rings. The van der Waals surface area contributed by atoms with E-state index in [2.05, 4.69) is 16.8 Å². The minimum Gasteiger partial charge on any atom is -0.444 e. The van der Waals surface area contributed by atoms with E-state index >= 15 is 0 Å². The third kappa shape index (κ3) is 6.46. The molecule has 0 aliphatic rings. The second kappa shape index (κ2) is 8.53. The second-order valence-corrected chi connectivity index (χ2v) is 7.28. The minimum atomic E-state index is -3.50. The molecule has 0 saturated carbocycles. The van der Waals surface area contributed by atoms with Gasteiger partial charge in [0.1, 0.15) is 17.1 Å². The van der Waals surface area contributed by atoms with Crippen LogP contribution in [0.4, 0.5) is 18.0 Å². The van der Waals surface area contributed by atoms with Crippen LogP contribution in [-0.2, 0) is 10.7 Å². The van der Waals surface area contributed by atoms with Gasteiger partial charge in [0.05, 0.1) is 11.6 Å². The predicted molar refractivity (Wildman–Crippen MR) is 99.8 cm³/mol. The van der Waals surface area contributed by atoms with Crippen molar-refractivity contribution in [3.8, 4) is 11.8 Å². The number of hydrogen-bond acceptors (Lipinski definition) is 3. The number of rotatable bonds is 3. The molecule has 8 heteroatoms. The summed E-state index contributed by atoms with van der Waals surface area (Å²) in [7, 11) is 0. The SMILES string of the molecule is CC(C)(C)OC(=O)NCC(F)(F)c1ncc(C#Cc2ccc(F)cc2)cc1Cl. The van der Waals surface area contributed by atoms with Crippen molar-refractivity contribution in [3.63, 3.8) is 0 Å². The lowest BCUT2D eigenvalue weighted by Gasteiger charge is -2.22. The Morgan fingerprint density at radius 1 is 1.18 bits per heavy atom. The molecule has 0 aliphatic carbocycles. The average Bonchev–Trinajstić information content (AvgIpc) is 2.58. The molecule has 2 rings (SSSR count). The van der Waals surface area contributed by atoms with E-state index in [-0.39, 0.29) is 10.8 Å². The van der Waals surface area contributed by atoms with Crippen molar-refractivity contribution >= 4 is 17.7 Å². The van der Waals surface area contributed by atoms with E-state index in [0.717, 1.165) is 6.20 Å². The highest BCUT2D eigenvalue weighted by molar-refractivity contribution is 6.31. The number of nitrogens with one attached hydrogen (secondary N) is 1. The summed E-state index contributed by atoms with van der Waals surface area (Å²) < 4.78 is 46.5. The minimum absolute atomic E-state index is 0.290. The van der Waals surface area contributed by atoms with E-state index in [4.69, 9.17) is 16.3 Å². The van der Waals surface area contributed by atoms with Crippen molar-refractivity contribution in [1.29, 1.82) is 0 Å². The fourth-order valence-electron chi connectivity index (χ4n) is 2.03. The molecule has 1 N–H and O–H groups in total. The molecular formula is C20H18ClF3N2O2. The summed E-state index contributed by atoms with van der Waals surface area (Å²) in [5.74, 6) is 1.59. The molecule has 28 heavy (non-hydrogen) atoms. The third-order valence-corrected chi connectivity index (χ3v) is 3.52. The Morgan fingerprint density at radius 3 is 2.36 bits per heavy atom. The standard InChI is InChI=1S/C20H18ClF3N2O2/c1-19(2,3)28-18(27)26-12-20(23,24)17-16(21)10-14(11-25-17)5-4-13-6-8-15(22)9-7-13/h6-11H,12H2,1-3H3,(H,26,27). The van der Waals surface area contributed by atoms with Crippen LogP contribution in [0.1, 0.15) is 37.6 Å². The van der Waals surface area contributed by atoms with Crippen molar-refractivity contribution in [2.75, 3.05) is 6.54 Å². The molecule has 0 unspecified atom stereocenters. The fourth-order valence-corrected chi connectivity index (χ4v) is 2.34. The van der Waals surface area contributed by atoms with Gasteiger partial charge in [-0.2, -0.15) is 8.78 Å². The molecule has 0 bridgehead atoms. The second-order valence-electron chi connectivity index (χ2n) is 6.87. The summed E-state index contributed by atoms with van der Waals surface area (Å²) in [6, 6.07) is 6.75. The van der Waals surface area contributed by atoms with Gasteiger partial charge < -0.3 is 10.1 Å². The molecule has 0 aliphatic heterocycles. The Labute approximate surface area is 166 Å². The maximum absolute atomic E-state index is 14.3. The molecule has 0 spiro atoms. The Kier molecular flexibility index (Phi) is 6.57. The zero-order chi connectivity index (χ0) is 20.9. The third-order valence-electron chi connectivity index (χ3n) is 3.24. The quantitative estimate of drug-likeness (QED) is 0.733. The van der Waals surface area contributed by atoms with Gasteiger partial charge in [-0.3, -0.25) is 4.98 Å². The number of carbonyl (C=O) groups is 1. The topological polar surface area (TPSA) is 51.2 Å². The number of nitrogens with zero attached hydrogens (tertiary/aromatic N) is 1. The molecule has 4 nitrogen and oxygen atoms in total. The molecule has 1 heterocycles. The summed E-state index contributed by atoms with van der Waals surface area (Å²) in [4.78, 5) is 15.2. The van der Waals surface area contributed by atoms with Gasteiger partial charge in [0.15, 0.2) is 0 Å². The van der Waals surface area contributed by atoms with Gasteiger partial charge >= 0.3 is 12.0 Å². The van der Waals surface area contributed by atoms with Crippen molar-refractivity contribution in [1.82, 2.24) is 10.3 Å². The first-order valence-corrected chi connectivity index (χ1v) is 8.62. The first-order chi connectivity index (χ1) is 13.0. The predicted octanol–water partition coefficient (Wildman–Crippen LogP) is 4.89. The van der Waals surface area contributed by atoms with Crippen molar-refractivity contribution in [2.45, 2.75) is 32.3 Å². The van der Waals surface area contributed by atoms with E-state index in [1.54, 1.807) is 20.8 Å². The van der Waals surface area contributed by atoms with Gasteiger partial charge in [-0.05, 0) is 51.1 Å². The largest absolute Gasteiger partial charge is 0.444 e. The number of hydrogen-bond donors (Lipinski definition) is 1. The van der Waals surface area contributed by atoms with Crippen LogP contribution in [0.2, 0.25) is 5.02 Å². The number of ether oxygens (including phenoxy) is 1. The lowest BCUT2D eigenvalue weighted by atomic mass is 10.1. The van der Waals surface area contributed by atoms with Crippen LogP contribution in [0.25, 0.3) is 0 Å². The van der Waals surface area contributed by atoms with E-state index in [0.29, 0.717) is 11.1 Å². The van der Waals surface area contributed by atoms with Gasteiger partial charge in [0.25, 0.3) is 0 Å². The highest BCUT2D eigenvalue weighted by Crippen LogP contribution is 2.31. The summed E-state index contributed by atoms with van der Waals surface area (Å²) in [5, 5.41) is 1.71. The number of amides is 1. The summed E-state index contributed by atoms with van der Waals surface area (Å²) in [5.41, 5.74) is -0.625. The molecule has 1 aromatic carbocycles. The zero-order valence-electron chi connectivity index (χ0n) is 15.4. The first-order valence-electron chi connectivity index (χ1n) is 8.24. The lowest BCUT2D eigenvalue weighted by molar-refractivity contribution is -0.0128. The number of aromatic nitrogens is 1. The Hall–Kier alpha value is -2.72. The Bertz CT molecular complexity index is 914. The number of halogens is 4. The summed E-state index contributed by atoms with van der Waals surface area (Å²) in [6.07, 6.45) is 0.184. The Morgan fingerprint density at radius 2 is 1.79 bits per heavy atom. The monoisotopic (exact) mass is 410 g/mol. The smallest absolute Gasteiger partial charge is 0.407 e. The summed E-state index contributed by atoms with van der Waals surface area (Å²) in [6.45, 7) is 3.84. The number of pyridine rings is 1. The zero-order valence-corrected chi connectivity index (χ0v) is 16.2. The van der Waals surface area contributed by atoms with Crippen molar-refractivity contribution in [3.05, 3.63) is 64.2 Å². The van der Waals surface area contributed by atoms with Gasteiger partial charge in [-0.25, -0.2) is 9.18 Å². The van der Waals surface area contributed by atoms with E-state index < -0.39 is 29.9 Å². The maximum atomic E-state index is 14.3. The van der Waals surface area contributed by atoms with E-state index in [9.17, 15) is 18.0 Å². The van der Waals surface area contributed by atoms with E-state index in [1.165, 1.54) is 30.3 Å². The van der Waals surface area contributed by atoms with Crippen LogP contribution in [-0.4, -0.2) is 23.2 Å². The highest BCUT2D eigenvalue weighted by atomic mass is 35.5. The van der Waals surface area contributed by atoms with Crippen LogP contribution >= 0.6 is 11.6 Å². The molecule has 2 aromatic rings. The normalized spacial score (nSPS) is 11.4. The average molecular weight is 411 g/mol. The van der Waals surface area contributed by atoms with Crippen LogP contribution in [0.5, 0.6) is 0 Å². The molecule has 0 saturated heterocycles. The highest BCUT2D eigenvalue weighted by Gasteiger charge is 2.36. The maximum Gasteiger partial charge on any atom is 0.407 e. The van der Waals surface area contributed by atoms with Gasteiger partial charge in [0.2, 0.25) is 0 Å². The summed E-state index contributed by atoms with van der Waals surface area (Å²) >= 11 is 5.93. The van der Waals surface area contributed by atoms with E-state index in [1.807, 2.05) is 5.32 Å². The van der Waals surface area contributed by atoms with Crippen LogP contribution in [0.3, 0.4) is 0 Å². The Balaban J connectivity index is 2.10. The van der Waals surface area contributed by atoms with Gasteiger partial charge in [-0.1, -0.05) is 23.4 Å². The van der Waals surface area contributed by atoms with Crippen molar-refractivity contribution < 1.29 is 22.7 Å². The van der Waals surface area contributed by atoms with Gasteiger partial charge in [-0.15, -0.1) is 0 Å². The number of benzene rings is 1.